The summed E-state index contributed by atoms with van der Waals surface area (Å²) in [5.74, 6) is 0. The van der Waals surface area contributed by atoms with Gasteiger partial charge in [-0.1, -0.05) is 0 Å². The van der Waals surface area contributed by atoms with Crippen molar-refractivity contribution in [3.63, 3.8) is 0 Å². The van der Waals surface area contributed by atoms with E-state index in [1.54, 1.807) is 6.21 Å². The molecule has 1 saturated carbocycles. The van der Waals surface area contributed by atoms with Crippen molar-refractivity contribution in [2.45, 2.75) is 43.7 Å². The highest BCUT2D eigenvalue weighted by Crippen LogP contribution is 2.35. The minimum atomic E-state index is -0.399. The van der Waals surface area contributed by atoms with Gasteiger partial charge in [0.05, 0.1) is 36.1 Å². The molecule has 0 amide bonds. The molecule has 0 unspecified atom stereocenters. The molecule has 3 rings (SSSR count). The summed E-state index contributed by atoms with van der Waals surface area (Å²) in [6.45, 7) is 0. The average Bonchev–Trinajstić information content (AvgIpc) is 3.20. The Morgan fingerprint density at radius 1 is 1.36 bits per heavy atom. The van der Waals surface area contributed by atoms with Crippen LogP contribution in [0.3, 0.4) is 0 Å². The van der Waals surface area contributed by atoms with Crippen LogP contribution in [0.1, 0.15) is 37.8 Å². The van der Waals surface area contributed by atoms with Gasteiger partial charge in [-0.15, -0.1) is 0 Å². The van der Waals surface area contributed by atoms with Crippen LogP contribution < -0.4 is 11.5 Å². The number of nitrogens with two attached hydrogens (primary N) is 2. The van der Waals surface area contributed by atoms with Crippen molar-refractivity contribution >= 4 is 35.5 Å². The van der Waals surface area contributed by atoms with Gasteiger partial charge in [-0.25, -0.2) is 15.0 Å². The van der Waals surface area contributed by atoms with Gasteiger partial charge >= 0.3 is 0 Å². The van der Waals surface area contributed by atoms with Crippen LogP contribution in [0, 0.1) is 11.3 Å². The number of fused-ring (bicyclic) bond motifs is 1. The SMILES string of the molecule is N#CCC1(N=CN=CN)CCC(N=CC(=CN)c2ncnc3[nH]ccc23)CC1. The van der Waals surface area contributed by atoms with E-state index in [0.29, 0.717) is 6.42 Å². The second-order valence-electron chi connectivity index (χ2n) is 6.70. The maximum Gasteiger partial charge on any atom is 0.141 e. The van der Waals surface area contributed by atoms with Crippen molar-refractivity contribution in [3.05, 3.63) is 30.5 Å². The zero-order valence-corrected chi connectivity index (χ0v) is 15.5. The third-order valence-corrected chi connectivity index (χ3v) is 5.01. The molecule has 5 N–H and O–H groups in total. The summed E-state index contributed by atoms with van der Waals surface area (Å²) >= 11 is 0. The van der Waals surface area contributed by atoms with Gasteiger partial charge in [-0.3, -0.25) is 9.98 Å². The summed E-state index contributed by atoms with van der Waals surface area (Å²) in [5.41, 5.74) is 12.9. The first-order chi connectivity index (χ1) is 13.7. The van der Waals surface area contributed by atoms with Crippen LogP contribution in [0.15, 0.2) is 39.8 Å². The molecule has 2 aromatic heterocycles. The lowest BCUT2D eigenvalue weighted by Crippen LogP contribution is -2.33. The molecule has 9 nitrogen and oxygen atoms in total. The Morgan fingerprint density at radius 2 is 2.18 bits per heavy atom. The zero-order chi connectivity index (χ0) is 19.8. The lowest BCUT2D eigenvalue weighted by Gasteiger charge is -2.34. The fourth-order valence-electron chi connectivity index (χ4n) is 3.45. The molecule has 0 aromatic carbocycles. The van der Waals surface area contributed by atoms with Crippen molar-refractivity contribution in [2.24, 2.45) is 26.4 Å². The van der Waals surface area contributed by atoms with Crippen molar-refractivity contribution in [1.82, 2.24) is 15.0 Å². The topological polar surface area (TPSA) is 154 Å². The van der Waals surface area contributed by atoms with Gasteiger partial charge in [0.1, 0.15) is 18.3 Å². The highest BCUT2D eigenvalue weighted by Gasteiger charge is 2.34. The normalized spacial score (nSPS) is 23.8. The molecule has 1 fully saturated rings. The van der Waals surface area contributed by atoms with Gasteiger partial charge in [0.2, 0.25) is 0 Å². The first-order valence-electron chi connectivity index (χ1n) is 9.09. The van der Waals surface area contributed by atoms with E-state index in [0.717, 1.165) is 48.0 Å². The first-order valence-corrected chi connectivity index (χ1v) is 9.09. The number of H-pyrrole nitrogens is 1. The maximum atomic E-state index is 9.16. The van der Waals surface area contributed by atoms with Crippen LogP contribution in [-0.4, -0.2) is 45.4 Å². The molecule has 1 aliphatic rings. The molecule has 0 saturated heterocycles. The van der Waals surface area contributed by atoms with Crippen molar-refractivity contribution in [2.75, 3.05) is 0 Å². The highest BCUT2D eigenvalue weighted by molar-refractivity contribution is 6.13. The maximum absolute atomic E-state index is 9.16. The fourth-order valence-corrected chi connectivity index (χ4v) is 3.45. The smallest absolute Gasteiger partial charge is 0.141 e. The van der Waals surface area contributed by atoms with E-state index in [1.165, 1.54) is 25.2 Å². The number of aromatic amines is 1. The summed E-state index contributed by atoms with van der Waals surface area (Å²) in [4.78, 5) is 24.6. The number of aliphatic imine (C=N–C) groups is 3. The Balaban J connectivity index is 1.70. The van der Waals surface area contributed by atoms with Gasteiger partial charge < -0.3 is 16.5 Å². The van der Waals surface area contributed by atoms with Crippen molar-refractivity contribution in [1.29, 1.82) is 5.26 Å². The first kappa shape index (κ1) is 19.2. The van der Waals surface area contributed by atoms with Crippen molar-refractivity contribution < 1.29 is 0 Å². The van der Waals surface area contributed by atoms with Gasteiger partial charge in [-0.2, -0.15) is 5.26 Å². The number of allylic oxidation sites excluding steroid dienone is 1. The van der Waals surface area contributed by atoms with E-state index in [1.807, 2.05) is 12.3 Å². The quantitative estimate of drug-likeness (QED) is 0.518. The summed E-state index contributed by atoms with van der Waals surface area (Å²) in [6.07, 6.45) is 12.8. The van der Waals surface area contributed by atoms with Crippen LogP contribution in [0.2, 0.25) is 0 Å². The zero-order valence-electron chi connectivity index (χ0n) is 15.5. The van der Waals surface area contributed by atoms with Gasteiger partial charge in [0, 0.05) is 29.6 Å². The van der Waals surface area contributed by atoms with Crippen LogP contribution in [-0.2, 0) is 0 Å². The number of nitrogens with one attached hydrogen (secondary N) is 1. The summed E-state index contributed by atoms with van der Waals surface area (Å²) in [7, 11) is 0. The van der Waals surface area contributed by atoms with Crippen LogP contribution >= 0.6 is 0 Å². The molecule has 2 heterocycles. The highest BCUT2D eigenvalue weighted by atomic mass is 15.0. The summed E-state index contributed by atoms with van der Waals surface area (Å²) < 4.78 is 0. The third kappa shape index (κ3) is 4.23. The lowest BCUT2D eigenvalue weighted by molar-refractivity contribution is 0.282. The number of rotatable bonds is 6. The van der Waals surface area contributed by atoms with Gasteiger partial charge in [0.15, 0.2) is 0 Å². The molecule has 9 heteroatoms. The van der Waals surface area contributed by atoms with Crippen LogP contribution in [0.25, 0.3) is 16.6 Å². The molecule has 2 aromatic rings. The summed E-state index contributed by atoms with van der Waals surface area (Å²) in [6, 6.07) is 4.31. The molecule has 144 valence electrons. The molecule has 28 heavy (non-hydrogen) atoms. The van der Waals surface area contributed by atoms with E-state index in [4.69, 9.17) is 21.7 Å². The lowest BCUT2D eigenvalue weighted by atomic mass is 9.78. The second kappa shape index (κ2) is 8.90. The number of aromatic nitrogens is 3. The van der Waals surface area contributed by atoms with Gasteiger partial charge in [-0.05, 0) is 31.7 Å². The molecule has 0 aliphatic heterocycles. The predicted molar refractivity (Wildman–Crippen MR) is 111 cm³/mol. The van der Waals surface area contributed by atoms with E-state index in [-0.39, 0.29) is 6.04 Å². The minimum absolute atomic E-state index is 0.151. The number of hydrogen-bond acceptors (Lipinski definition) is 6. The monoisotopic (exact) mass is 377 g/mol. The van der Waals surface area contributed by atoms with E-state index < -0.39 is 5.54 Å². The van der Waals surface area contributed by atoms with E-state index >= 15 is 0 Å². The molecule has 0 atom stereocenters. The minimum Gasteiger partial charge on any atom is -0.404 e. The molecule has 1 aliphatic carbocycles. The molecule has 0 radical (unpaired) electrons. The fraction of sp³-hybridized carbons (Fsp3) is 0.368. The largest absolute Gasteiger partial charge is 0.404 e. The van der Waals surface area contributed by atoms with E-state index in [9.17, 15) is 0 Å². The Kier molecular flexibility index (Phi) is 6.11. The molecular formula is C19H23N9. The molecule has 0 bridgehead atoms. The van der Waals surface area contributed by atoms with Crippen LogP contribution in [0.4, 0.5) is 0 Å². The van der Waals surface area contributed by atoms with Crippen LogP contribution in [0.5, 0.6) is 0 Å². The Morgan fingerprint density at radius 3 is 2.89 bits per heavy atom. The number of nitrogens with zero attached hydrogens (tertiary/aromatic N) is 6. The molecule has 0 spiro atoms. The molecular weight excluding hydrogens is 354 g/mol. The van der Waals surface area contributed by atoms with Gasteiger partial charge in [0.25, 0.3) is 0 Å². The Labute approximate surface area is 163 Å². The number of hydrogen-bond donors (Lipinski definition) is 3. The van der Waals surface area contributed by atoms with E-state index in [2.05, 4.69) is 31.0 Å². The second-order valence-corrected chi connectivity index (χ2v) is 6.70. The Hall–Kier alpha value is -3.54. The standard InChI is InChI=1S/C19H23N9/c20-7-6-19(28-12-23-11-22)4-1-15(2-5-19)25-10-14(9-21)17-16-3-8-24-18(16)27-13-26-17/h3,8-13,15H,1-2,4-6,21H2,(H2,22,23,28)(H,24,26,27). The summed E-state index contributed by atoms with van der Waals surface area (Å²) in [5, 5.41) is 10.1. The Bertz CT molecular complexity index is 953. The predicted octanol–water partition coefficient (Wildman–Crippen LogP) is 1.94. The third-order valence-electron chi connectivity index (χ3n) is 5.01. The average molecular weight is 377 g/mol. The van der Waals surface area contributed by atoms with Crippen molar-refractivity contribution in [3.8, 4) is 6.07 Å². The number of nitriles is 1.